The van der Waals surface area contributed by atoms with Gasteiger partial charge < -0.3 is 15.0 Å². The molecular formula is C15H22N2O2. The van der Waals surface area contributed by atoms with E-state index in [4.69, 9.17) is 4.74 Å². The van der Waals surface area contributed by atoms with Crippen LogP contribution in [0.15, 0.2) is 30.3 Å². The highest BCUT2D eigenvalue weighted by Gasteiger charge is 2.26. The number of rotatable bonds is 4. The first-order valence-corrected chi connectivity index (χ1v) is 6.88. The zero-order valence-electron chi connectivity index (χ0n) is 11.6. The zero-order valence-corrected chi connectivity index (χ0v) is 11.6. The van der Waals surface area contributed by atoms with Crippen LogP contribution in [0.3, 0.4) is 0 Å². The Labute approximate surface area is 114 Å². The molecule has 1 aliphatic rings. The number of carbonyl (C=O) groups excluding carboxylic acids is 1. The van der Waals surface area contributed by atoms with Crippen LogP contribution in [0.5, 0.6) is 5.75 Å². The van der Waals surface area contributed by atoms with Gasteiger partial charge in [-0.2, -0.15) is 0 Å². The van der Waals surface area contributed by atoms with Crippen LogP contribution in [0, 0.1) is 0 Å². The van der Waals surface area contributed by atoms with Gasteiger partial charge in [0.1, 0.15) is 11.9 Å². The van der Waals surface area contributed by atoms with Gasteiger partial charge in [0.15, 0.2) is 0 Å². The Morgan fingerprint density at radius 3 is 2.53 bits per heavy atom. The lowest BCUT2D eigenvalue weighted by Crippen LogP contribution is -2.48. The van der Waals surface area contributed by atoms with Crippen molar-refractivity contribution < 1.29 is 9.53 Å². The van der Waals surface area contributed by atoms with E-state index in [1.165, 1.54) is 0 Å². The van der Waals surface area contributed by atoms with E-state index < -0.39 is 0 Å². The molecule has 1 aromatic carbocycles. The lowest BCUT2D eigenvalue weighted by atomic mass is 10.1. The Kier molecular flexibility index (Phi) is 4.80. The molecular weight excluding hydrogens is 240 g/mol. The third kappa shape index (κ3) is 3.70. The quantitative estimate of drug-likeness (QED) is 0.897. The van der Waals surface area contributed by atoms with E-state index in [1.54, 1.807) is 0 Å². The van der Waals surface area contributed by atoms with Gasteiger partial charge in [-0.05, 0) is 26.1 Å². The first-order valence-electron chi connectivity index (χ1n) is 6.88. The van der Waals surface area contributed by atoms with E-state index in [2.05, 4.69) is 5.32 Å². The molecule has 0 aromatic heterocycles. The van der Waals surface area contributed by atoms with Crippen molar-refractivity contribution in [3.63, 3.8) is 0 Å². The second kappa shape index (κ2) is 6.57. The van der Waals surface area contributed by atoms with Gasteiger partial charge >= 0.3 is 0 Å². The number of likely N-dealkylation sites (N-methyl/N-ethyl adjacent to an activating group) is 1. The number of para-hydroxylation sites is 1. The number of nitrogens with one attached hydrogen (secondary N) is 1. The molecule has 1 heterocycles. The molecule has 2 rings (SSSR count). The summed E-state index contributed by atoms with van der Waals surface area (Å²) in [7, 11) is 1.81. The highest BCUT2D eigenvalue weighted by Crippen LogP contribution is 2.18. The third-order valence-corrected chi connectivity index (χ3v) is 3.60. The number of nitrogens with zero attached hydrogens (tertiary/aromatic N) is 1. The summed E-state index contributed by atoms with van der Waals surface area (Å²) in [5.74, 6) is 1.09. The molecule has 1 amide bonds. The van der Waals surface area contributed by atoms with Crippen molar-refractivity contribution in [1.29, 1.82) is 0 Å². The largest absolute Gasteiger partial charge is 0.490 e. The topological polar surface area (TPSA) is 41.6 Å². The first kappa shape index (κ1) is 13.9. The lowest BCUT2D eigenvalue weighted by molar-refractivity contribution is -0.134. The smallest absolute Gasteiger partial charge is 0.239 e. The summed E-state index contributed by atoms with van der Waals surface area (Å²) in [4.78, 5) is 13.9. The average molecular weight is 262 g/mol. The molecule has 1 unspecified atom stereocenters. The van der Waals surface area contributed by atoms with Gasteiger partial charge in [0.25, 0.3) is 0 Å². The van der Waals surface area contributed by atoms with E-state index in [-0.39, 0.29) is 18.1 Å². The minimum Gasteiger partial charge on any atom is -0.490 e. The summed E-state index contributed by atoms with van der Waals surface area (Å²) >= 11 is 0. The number of hydrogen-bond donors (Lipinski definition) is 1. The second-order valence-electron chi connectivity index (χ2n) is 4.97. The highest BCUT2D eigenvalue weighted by molar-refractivity contribution is 5.81. The Morgan fingerprint density at radius 2 is 1.95 bits per heavy atom. The number of ether oxygens (including phenoxy) is 1. The van der Waals surface area contributed by atoms with Gasteiger partial charge in [0.05, 0.1) is 6.04 Å². The minimum atomic E-state index is -0.105. The fourth-order valence-electron chi connectivity index (χ4n) is 2.28. The molecule has 104 valence electrons. The number of carbonyl (C=O) groups is 1. The molecule has 1 aromatic rings. The molecule has 4 nitrogen and oxygen atoms in total. The molecule has 0 aliphatic carbocycles. The van der Waals surface area contributed by atoms with E-state index in [9.17, 15) is 4.79 Å². The summed E-state index contributed by atoms with van der Waals surface area (Å²) in [5.41, 5.74) is 0. The summed E-state index contributed by atoms with van der Waals surface area (Å²) in [6.45, 7) is 3.46. The Balaban J connectivity index is 1.81. The van der Waals surface area contributed by atoms with E-state index in [0.717, 1.165) is 31.7 Å². The maximum atomic E-state index is 12.0. The number of amides is 1. The van der Waals surface area contributed by atoms with Crippen LogP contribution in [-0.2, 0) is 4.79 Å². The van der Waals surface area contributed by atoms with E-state index in [0.29, 0.717) is 0 Å². The molecule has 1 saturated heterocycles. The fourth-order valence-corrected chi connectivity index (χ4v) is 2.28. The van der Waals surface area contributed by atoms with Crippen molar-refractivity contribution >= 4 is 5.91 Å². The van der Waals surface area contributed by atoms with E-state index >= 15 is 0 Å². The molecule has 1 N–H and O–H groups in total. The number of likely N-dealkylation sites (tertiary alicyclic amines) is 1. The fraction of sp³-hybridized carbons (Fsp3) is 0.533. The van der Waals surface area contributed by atoms with Gasteiger partial charge in [-0.25, -0.2) is 0 Å². The molecule has 1 fully saturated rings. The highest BCUT2D eigenvalue weighted by atomic mass is 16.5. The van der Waals surface area contributed by atoms with Crippen LogP contribution < -0.4 is 10.1 Å². The van der Waals surface area contributed by atoms with E-state index in [1.807, 2.05) is 49.2 Å². The van der Waals surface area contributed by atoms with Crippen molar-refractivity contribution in [3.8, 4) is 5.75 Å². The van der Waals surface area contributed by atoms with Crippen molar-refractivity contribution in [2.75, 3.05) is 20.1 Å². The maximum absolute atomic E-state index is 12.0. The summed E-state index contributed by atoms with van der Waals surface area (Å²) in [6.07, 6.45) is 2.02. The normalized spacial score (nSPS) is 18.1. The summed E-state index contributed by atoms with van der Waals surface area (Å²) in [6, 6.07) is 9.77. The molecule has 1 aliphatic heterocycles. The zero-order chi connectivity index (χ0) is 13.7. The predicted molar refractivity (Wildman–Crippen MR) is 75.2 cm³/mol. The number of benzene rings is 1. The third-order valence-electron chi connectivity index (χ3n) is 3.60. The van der Waals surface area contributed by atoms with Crippen LogP contribution in [0.1, 0.15) is 19.8 Å². The minimum absolute atomic E-state index is 0.105. The Hall–Kier alpha value is -1.55. The average Bonchev–Trinajstić information content (AvgIpc) is 2.47. The molecule has 0 bridgehead atoms. The molecule has 0 radical (unpaired) electrons. The van der Waals surface area contributed by atoms with Gasteiger partial charge in [-0.1, -0.05) is 18.2 Å². The monoisotopic (exact) mass is 262 g/mol. The first-order chi connectivity index (χ1) is 9.20. The molecule has 0 saturated carbocycles. The van der Waals surface area contributed by atoms with Crippen molar-refractivity contribution in [1.82, 2.24) is 10.2 Å². The van der Waals surface area contributed by atoms with Crippen molar-refractivity contribution in [2.45, 2.75) is 31.9 Å². The van der Waals surface area contributed by atoms with Crippen LogP contribution in [-0.4, -0.2) is 43.1 Å². The van der Waals surface area contributed by atoms with Gasteiger partial charge in [-0.15, -0.1) is 0 Å². The van der Waals surface area contributed by atoms with Gasteiger partial charge in [0.2, 0.25) is 5.91 Å². The molecule has 19 heavy (non-hydrogen) atoms. The molecule has 0 spiro atoms. The molecule has 4 heteroatoms. The number of hydrogen-bond acceptors (Lipinski definition) is 3. The SMILES string of the molecule is CNC(C)C(=O)N1CCC(Oc2ccccc2)CC1. The maximum Gasteiger partial charge on any atom is 0.239 e. The number of piperidine rings is 1. The van der Waals surface area contributed by atoms with Crippen molar-refractivity contribution in [2.24, 2.45) is 0 Å². The van der Waals surface area contributed by atoms with Gasteiger partial charge in [-0.3, -0.25) is 4.79 Å². The summed E-state index contributed by atoms with van der Waals surface area (Å²) < 4.78 is 5.92. The molecule has 1 atom stereocenters. The Bertz CT molecular complexity index is 400. The lowest BCUT2D eigenvalue weighted by Gasteiger charge is -2.33. The Morgan fingerprint density at radius 1 is 1.32 bits per heavy atom. The predicted octanol–water partition coefficient (Wildman–Crippen LogP) is 1.66. The van der Waals surface area contributed by atoms with Crippen LogP contribution in [0.2, 0.25) is 0 Å². The second-order valence-corrected chi connectivity index (χ2v) is 4.97. The van der Waals surface area contributed by atoms with Crippen LogP contribution >= 0.6 is 0 Å². The summed E-state index contributed by atoms with van der Waals surface area (Å²) in [5, 5.41) is 2.99. The standard InChI is InChI=1S/C15H22N2O2/c1-12(16-2)15(18)17-10-8-14(9-11-17)19-13-6-4-3-5-7-13/h3-7,12,14,16H,8-11H2,1-2H3. The van der Waals surface area contributed by atoms with Crippen LogP contribution in [0.25, 0.3) is 0 Å². The van der Waals surface area contributed by atoms with Crippen LogP contribution in [0.4, 0.5) is 0 Å². The van der Waals surface area contributed by atoms with Gasteiger partial charge in [0, 0.05) is 25.9 Å². The van der Waals surface area contributed by atoms with Crippen molar-refractivity contribution in [3.05, 3.63) is 30.3 Å².